The first kappa shape index (κ1) is 46.4. The van der Waals surface area contributed by atoms with Gasteiger partial charge in [-0.05, 0) is 136 Å². The van der Waals surface area contributed by atoms with E-state index in [9.17, 15) is 8.78 Å². The van der Waals surface area contributed by atoms with Crippen LogP contribution in [0, 0.1) is 44.3 Å². The summed E-state index contributed by atoms with van der Waals surface area (Å²) in [6.07, 6.45) is 1.81. The SMILES string of the molecule is Cc1cc(-c2ccccc2)cc(C)c1-c1cc(Oc2[c-]c3c(cc2)c2ccccc2n3-c2ccccn2)[c-]c(N2[CH-]N(c3c(C(C)C)cc(-c4cc(F)cc(F)c4)cc3C(C)C)c3ccccc32)c1.[Pt]. The van der Waals surface area contributed by atoms with Gasteiger partial charge in [0.1, 0.15) is 17.5 Å². The van der Waals surface area contributed by atoms with Crippen LogP contribution in [0.2, 0.25) is 0 Å². The molecule has 10 aromatic rings. The quantitative estimate of drug-likeness (QED) is 0.128. The van der Waals surface area contributed by atoms with Gasteiger partial charge in [-0.1, -0.05) is 112 Å². The van der Waals surface area contributed by atoms with Gasteiger partial charge in [-0.15, -0.1) is 53.6 Å². The zero-order valence-electron chi connectivity index (χ0n) is 39.7. The number of rotatable bonds is 10. The van der Waals surface area contributed by atoms with Gasteiger partial charge in [-0.3, -0.25) is 0 Å². The molecule has 0 aliphatic carbocycles. The van der Waals surface area contributed by atoms with Crippen molar-refractivity contribution in [3.8, 4) is 50.7 Å². The molecule has 0 saturated heterocycles. The van der Waals surface area contributed by atoms with Crippen LogP contribution in [0.3, 0.4) is 0 Å². The number of hydrogen-bond acceptors (Lipinski definition) is 4. The summed E-state index contributed by atoms with van der Waals surface area (Å²) < 4.78 is 38.4. The standard InChI is InChI=1S/C62H49F2N4O.Pt/c1-38(2)54-32-45(44-28-47(63)34-48(64)29-44)33-55(39(3)4)62(54)67-37-66(57-20-12-13-21-58(57)67)49-30-46(61-40(5)26-43(27-41(61)6)42-16-8-7-9-17-42)31-51(35-49)69-50-23-24-53-52-18-10-11-19-56(52)68(59(53)36-50)60-22-14-15-25-65-60;/h7-34,37-39H,1-6H3;/q-3;. The average Bonchev–Trinajstić information content (AvgIpc) is 3.89. The predicted molar refractivity (Wildman–Crippen MR) is 278 cm³/mol. The largest absolute Gasteiger partial charge is 0.509 e. The van der Waals surface area contributed by atoms with Crippen molar-refractivity contribution in [1.29, 1.82) is 0 Å². The van der Waals surface area contributed by atoms with Crippen LogP contribution in [0.25, 0.3) is 61.0 Å². The van der Waals surface area contributed by atoms with Crippen molar-refractivity contribution in [2.45, 2.75) is 53.4 Å². The van der Waals surface area contributed by atoms with Crippen LogP contribution in [0.4, 0.5) is 31.5 Å². The molecule has 0 atom stereocenters. The van der Waals surface area contributed by atoms with Crippen molar-refractivity contribution in [2.24, 2.45) is 0 Å². The Morgan fingerprint density at radius 2 is 1.16 bits per heavy atom. The molecule has 0 radical (unpaired) electrons. The Morgan fingerprint density at radius 3 is 1.83 bits per heavy atom. The Bertz CT molecular complexity index is 3520. The van der Waals surface area contributed by atoms with Crippen LogP contribution in [-0.4, -0.2) is 9.55 Å². The average molecular weight is 1100 g/mol. The van der Waals surface area contributed by atoms with E-state index in [0.29, 0.717) is 17.1 Å². The fraction of sp³-hybridized carbons (Fsp3) is 0.129. The summed E-state index contributed by atoms with van der Waals surface area (Å²) in [6, 6.07) is 61.2. The summed E-state index contributed by atoms with van der Waals surface area (Å²) in [6.45, 7) is 15.1. The topological polar surface area (TPSA) is 33.5 Å². The summed E-state index contributed by atoms with van der Waals surface area (Å²) in [5.74, 6) is 0.827. The Morgan fingerprint density at radius 1 is 0.543 bits per heavy atom. The number of nitrogens with zero attached hydrogens (tertiary/aromatic N) is 4. The van der Waals surface area contributed by atoms with Crippen molar-refractivity contribution < 1.29 is 34.6 Å². The van der Waals surface area contributed by atoms with Crippen molar-refractivity contribution in [1.82, 2.24) is 9.55 Å². The molecule has 2 aromatic heterocycles. The van der Waals surface area contributed by atoms with Crippen molar-refractivity contribution in [3.63, 3.8) is 0 Å². The molecule has 350 valence electrons. The second-order valence-corrected chi connectivity index (χ2v) is 18.5. The number of benzene rings is 8. The minimum atomic E-state index is -0.603. The number of hydrogen-bond donors (Lipinski definition) is 0. The van der Waals surface area contributed by atoms with E-state index in [1.165, 1.54) is 12.1 Å². The van der Waals surface area contributed by atoms with Crippen LogP contribution in [0.5, 0.6) is 11.5 Å². The molecular weight excluding hydrogens is 1050 g/mol. The van der Waals surface area contributed by atoms with E-state index in [0.717, 1.165) is 107 Å². The number of para-hydroxylation sites is 3. The smallest absolute Gasteiger partial charge is 0.135 e. The molecule has 70 heavy (non-hydrogen) atoms. The number of pyridine rings is 1. The molecule has 0 fully saturated rings. The van der Waals surface area contributed by atoms with Gasteiger partial charge in [0.15, 0.2) is 0 Å². The maximum absolute atomic E-state index is 14.7. The van der Waals surface area contributed by atoms with Gasteiger partial charge < -0.3 is 19.1 Å². The molecule has 3 heterocycles. The van der Waals surface area contributed by atoms with Crippen molar-refractivity contribution in [2.75, 3.05) is 9.80 Å². The molecule has 11 rings (SSSR count). The normalized spacial score (nSPS) is 12.3. The molecule has 8 aromatic carbocycles. The van der Waals surface area contributed by atoms with E-state index in [2.05, 4.69) is 184 Å². The van der Waals surface area contributed by atoms with Gasteiger partial charge in [-0.25, -0.2) is 13.8 Å². The summed E-state index contributed by atoms with van der Waals surface area (Å²) >= 11 is 0. The Labute approximate surface area is 422 Å². The molecule has 0 saturated carbocycles. The first-order valence-corrected chi connectivity index (χ1v) is 23.4. The Kier molecular flexibility index (Phi) is 12.5. The van der Waals surface area contributed by atoms with E-state index < -0.39 is 11.6 Å². The monoisotopic (exact) mass is 1100 g/mol. The zero-order valence-corrected chi connectivity index (χ0v) is 41.9. The van der Waals surface area contributed by atoms with Gasteiger partial charge in [0.05, 0.1) is 0 Å². The number of anilines is 4. The number of aromatic nitrogens is 2. The zero-order chi connectivity index (χ0) is 47.5. The van der Waals surface area contributed by atoms with Crippen molar-refractivity contribution >= 4 is 44.6 Å². The minimum Gasteiger partial charge on any atom is -0.509 e. The minimum absolute atomic E-state index is 0. The summed E-state index contributed by atoms with van der Waals surface area (Å²) in [5, 5.41) is 2.15. The molecule has 0 bridgehead atoms. The maximum Gasteiger partial charge on any atom is 0.135 e. The van der Waals surface area contributed by atoms with E-state index in [4.69, 9.17) is 9.72 Å². The second-order valence-electron chi connectivity index (χ2n) is 18.5. The molecule has 1 aliphatic heterocycles. The third-order valence-corrected chi connectivity index (χ3v) is 13.2. The first-order chi connectivity index (χ1) is 33.5. The van der Waals surface area contributed by atoms with Gasteiger partial charge in [0, 0.05) is 67.4 Å². The van der Waals surface area contributed by atoms with E-state index in [-0.39, 0.29) is 32.9 Å². The Balaban J connectivity index is 0.00000567. The second kappa shape index (κ2) is 18.9. The Hall–Kier alpha value is -7.34. The maximum atomic E-state index is 14.7. The summed E-state index contributed by atoms with van der Waals surface area (Å²) in [4.78, 5) is 9.18. The van der Waals surface area contributed by atoms with Gasteiger partial charge in [-0.2, -0.15) is 6.07 Å². The molecule has 0 N–H and O–H groups in total. The van der Waals surface area contributed by atoms with Crippen LogP contribution < -0.4 is 14.5 Å². The fourth-order valence-electron chi connectivity index (χ4n) is 10.1. The van der Waals surface area contributed by atoms with E-state index in [1.54, 1.807) is 6.20 Å². The molecule has 0 amide bonds. The van der Waals surface area contributed by atoms with Gasteiger partial charge >= 0.3 is 0 Å². The van der Waals surface area contributed by atoms with Crippen LogP contribution in [0.1, 0.15) is 61.8 Å². The number of ether oxygens (including phenoxy) is 1. The summed E-state index contributed by atoms with van der Waals surface area (Å²) in [7, 11) is 0. The van der Waals surface area contributed by atoms with E-state index >= 15 is 0 Å². The molecule has 0 spiro atoms. The predicted octanol–water partition coefficient (Wildman–Crippen LogP) is 17.1. The molecule has 0 unspecified atom stereocenters. The number of halogens is 2. The van der Waals surface area contributed by atoms with Crippen molar-refractivity contribution in [3.05, 3.63) is 223 Å². The van der Waals surface area contributed by atoms with Gasteiger partial charge in [0.2, 0.25) is 0 Å². The third kappa shape index (κ3) is 8.47. The fourth-order valence-corrected chi connectivity index (χ4v) is 10.1. The molecular formula is C62H49F2N4OPt-3. The van der Waals surface area contributed by atoms with Gasteiger partial charge in [0.25, 0.3) is 0 Å². The molecule has 5 nitrogen and oxygen atoms in total. The summed E-state index contributed by atoms with van der Waals surface area (Å²) in [5.41, 5.74) is 15.8. The first-order valence-electron chi connectivity index (χ1n) is 23.4. The van der Waals surface area contributed by atoms with E-state index in [1.807, 2.05) is 36.4 Å². The third-order valence-electron chi connectivity index (χ3n) is 13.2. The number of fused-ring (bicyclic) bond motifs is 4. The molecule has 1 aliphatic rings. The van der Waals surface area contributed by atoms with Crippen LogP contribution in [0.15, 0.2) is 170 Å². The number of aryl methyl sites for hydroxylation is 2. The van der Waals surface area contributed by atoms with Crippen LogP contribution >= 0.6 is 0 Å². The molecule has 8 heteroatoms. The van der Waals surface area contributed by atoms with Crippen LogP contribution in [-0.2, 0) is 21.1 Å².